The van der Waals surface area contributed by atoms with Gasteiger partial charge in [-0.15, -0.1) is 0 Å². The highest BCUT2D eigenvalue weighted by Gasteiger charge is 1.99. The number of halogens is 1. The number of hydrogen-bond donors (Lipinski definition) is 0. The van der Waals surface area contributed by atoms with Crippen molar-refractivity contribution in [2.45, 2.75) is 11.6 Å². The molecule has 11 heavy (non-hydrogen) atoms. The Kier molecular flexibility index (Phi) is 2.73. The Hall–Kier alpha value is -0.740. The van der Waals surface area contributed by atoms with Crippen LogP contribution in [-0.2, 0) is 17.8 Å². The van der Waals surface area contributed by atoms with E-state index in [0.29, 0.717) is 0 Å². The SMILES string of the molecule is O=S([O-])c1ccccc1CF. The van der Waals surface area contributed by atoms with Crippen LogP contribution in [0.25, 0.3) is 0 Å². The second-order valence-corrected chi connectivity index (χ2v) is 2.89. The minimum atomic E-state index is -2.33. The molecule has 0 aliphatic carbocycles. The van der Waals surface area contributed by atoms with Crippen LogP contribution < -0.4 is 0 Å². The van der Waals surface area contributed by atoms with E-state index in [2.05, 4.69) is 0 Å². The monoisotopic (exact) mass is 173 g/mol. The Morgan fingerprint density at radius 3 is 2.55 bits per heavy atom. The zero-order chi connectivity index (χ0) is 8.27. The van der Waals surface area contributed by atoms with Crippen LogP contribution in [0.2, 0.25) is 0 Å². The molecule has 0 fully saturated rings. The average Bonchev–Trinajstić information content (AvgIpc) is 2.04. The van der Waals surface area contributed by atoms with Gasteiger partial charge in [0.1, 0.15) is 6.67 Å². The van der Waals surface area contributed by atoms with Gasteiger partial charge in [-0.25, -0.2) is 4.39 Å². The first kappa shape index (κ1) is 8.36. The van der Waals surface area contributed by atoms with E-state index in [1.807, 2.05) is 0 Å². The molecule has 0 N–H and O–H groups in total. The summed E-state index contributed by atoms with van der Waals surface area (Å²) >= 11 is -2.33. The molecular weight excluding hydrogens is 167 g/mol. The molecule has 0 bridgehead atoms. The van der Waals surface area contributed by atoms with Crippen molar-refractivity contribution in [3.8, 4) is 0 Å². The zero-order valence-corrected chi connectivity index (χ0v) is 6.44. The molecule has 1 atom stereocenters. The highest BCUT2D eigenvalue weighted by atomic mass is 32.2. The van der Waals surface area contributed by atoms with Crippen LogP contribution in [0.5, 0.6) is 0 Å². The van der Waals surface area contributed by atoms with Crippen LogP contribution in [0.15, 0.2) is 29.2 Å². The van der Waals surface area contributed by atoms with Crippen molar-refractivity contribution in [2.75, 3.05) is 0 Å². The first-order chi connectivity index (χ1) is 5.25. The van der Waals surface area contributed by atoms with Gasteiger partial charge in [-0.3, -0.25) is 4.21 Å². The number of hydrogen-bond acceptors (Lipinski definition) is 2. The van der Waals surface area contributed by atoms with Crippen LogP contribution >= 0.6 is 0 Å². The van der Waals surface area contributed by atoms with Gasteiger partial charge >= 0.3 is 0 Å². The molecule has 60 valence electrons. The molecule has 0 saturated heterocycles. The minimum Gasteiger partial charge on any atom is -0.768 e. The maximum atomic E-state index is 12.1. The van der Waals surface area contributed by atoms with E-state index in [4.69, 9.17) is 0 Å². The molecule has 0 saturated carbocycles. The van der Waals surface area contributed by atoms with Gasteiger partial charge in [-0.2, -0.15) is 0 Å². The van der Waals surface area contributed by atoms with E-state index in [9.17, 15) is 13.2 Å². The summed E-state index contributed by atoms with van der Waals surface area (Å²) in [6.07, 6.45) is 0. The fourth-order valence-electron chi connectivity index (χ4n) is 0.777. The first-order valence-corrected chi connectivity index (χ1v) is 4.06. The van der Waals surface area contributed by atoms with E-state index >= 15 is 0 Å². The lowest BCUT2D eigenvalue weighted by Crippen LogP contribution is -1.93. The van der Waals surface area contributed by atoms with Crippen LogP contribution in [-0.4, -0.2) is 8.76 Å². The minimum absolute atomic E-state index is 0.0370. The fraction of sp³-hybridized carbons (Fsp3) is 0.143. The molecule has 0 spiro atoms. The number of alkyl halides is 1. The Bertz CT molecular complexity index is 275. The van der Waals surface area contributed by atoms with Crippen molar-refractivity contribution >= 4 is 11.1 Å². The lowest BCUT2D eigenvalue weighted by molar-refractivity contribution is 0.475. The molecule has 1 rings (SSSR count). The van der Waals surface area contributed by atoms with Gasteiger partial charge < -0.3 is 4.55 Å². The van der Waals surface area contributed by atoms with Gasteiger partial charge in [0.15, 0.2) is 0 Å². The van der Waals surface area contributed by atoms with E-state index in [-0.39, 0.29) is 10.5 Å². The summed E-state index contributed by atoms with van der Waals surface area (Å²) in [4.78, 5) is 0.0370. The van der Waals surface area contributed by atoms with Gasteiger partial charge in [0.05, 0.1) is 0 Å². The van der Waals surface area contributed by atoms with E-state index in [0.717, 1.165) is 0 Å². The predicted octanol–water partition coefficient (Wildman–Crippen LogP) is 1.39. The predicted molar refractivity (Wildman–Crippen MR) is 38.4 cm³/mol. The zero-order valence-electron chi connectivity index (χ0n) is 5.62. The highest BCUT2D eigenvalue weighted by Crippen LogP contribution is 2.12. The van der Waals surface area contributed by atoms with Crippen LogP contribution in [0.1, 0.15) is 5.56 Å². The molecule has 0 aliphatic rings. The molecule has 0 aliphatic heterocycles. The smallest absolute Gasteiger partial charge is 0.116 e. The Morgan fingerprint density at radius 1 is 1.45 bits per heavy atom. The molecule has 4 heteroatoms. The third kappa shape index (κ3) is 1.85. The van der Waals surface area contributed by atoms with Crippen molar-refractivity contribution in [2.24, 2.45) is 0 Å². The standard InChI is InChI=1S/C7H7FO2S/c8-5-6-3-1-2-4-7(6)11(9)10/h1-4H,5H2,(H,9,10)/p-1. The third-order valence-electron chi connectivity index (χ3n) is 1.30. The van der Waals surface area contributed by atoms with Crippen molar-refractivity contribution in [1.82, 2.24) is 0 Å². The molecule has 0 heterocycles. The molecule has 2 nitrogen and oxygen atoms in total. The lowest BCUT2D eigenvalue weighted by Gasteiger charge is -2.07. The van der Waals surface area contributed by atoms with Crippen LogP contribution in [0.3, 0.4) is 0 Å². The maximum Gasteiger partial charge on any atom is 0.116 e. The van der Waals surface area contributed by atoms with E-state index in [1.54, 1.807) is 12.1 Å². The lowest BCUT2D eigenvalue weighted by atomic mass is 10.2. The fourth-order valence-corrected chi connectivity index (χ4v) is 1.30. The number of rotatable bonds is 2. The highest BCUT2D eigenvalue weighted by molar-refractivity contribution is 7.79. The summed E-state index contributed by atoms with van der Waals surface area (Å²) in [5.41, 5.74) is 0.209. The molecule has 1 aromatic carbocycles. The maximum absolute atomic E-state index is 12.1. The molecule has 0 radical (unpaired) electrons. The van der Waals surface area contributed by atoms with Crippen molar-refractivity contribution < 1.29 is 13.2 Å². The molecular formula is C7H6FO2S-. The molecule has 1 unspecified atom stereocenters. The normalized spacial score (nSPS) is 12.9. The second kappa shape index (κ2) is 3.59. The molecule has 0 aromatic heterocycles. The third-order valence-corrected chi connectivity index (χ3v) is 2.05. The summed E-state index contributed by atoms with van der Waals surface area (Å²) in [6.45, 7) is -0.746. The van der Waals surface area contributed by atoms with Crippen molar-refractivity contribution in [3.05, 3.63) is 29.8 Å². The first-order valence-electron chi connectivity index (χ1n) is 2.99. The summed E-state index contributed by atoms with van der Waals surface area (Å²) in [7, 11) is 0. The van der Waals surface area contributed by atoms with Crippen LogP contribution in [0, 0.1) is 0 Å². The van der Waals surface area contributed by atoms with Gasteiger partial charge in [-0.1, -0.05) is 18.2 Å². The molecule has 0 amide bonds. The average molecular weight is 173 g/mol. The van der Waals surface area contributed by atoms with Gasteiger partial charge in [-0.05, 0) is 22.7 Å². The van der Waals surface area contributed by atoms with Gasteiger partial charge in [0.25, 0.3) is 0 Å². The van der Waals surface area contributed by atoms with Gasteiger partial charge in [0.2, 0.25) is 0 Å². The van der Waals surface area contributed by atoms with Crippen LogP contribution in [0.4, 0.5) is 4.39 Å². The largest absolute Gasteiger partial charge is 0.768 e. The van der Waals surface area contributed by atoms with Crippen molar-refractivity contribution in [1.29, 1.82) is 0 Å². The Balaban J connectivity index is 3.12. The van der Waals surface area contributed by atoms with Crippen molar-refractivity contribution in [3.63, 3.8) is 0 Å². The molecule has 1 aromatic rings. The summed E-state index contributed by atoms with van der Waals surface area (Å²) in [5.74, 6) is 0. The van der Waals surface area contributed by atoms with E-state index in [1.165, 1.54) is 12.1 Å². The Labute approximate surface area is 66.3 Å². The van der Waals surface area contributed by atoms with E-state index < -0.39 is 17.8 Å². The summed E-state index contributed by atoms with van der Waals surface area (Å²) in [6, 6.07) is 5.98. The summed E-state index contributed by atoms with van der Waals surface area (Å²) in [5, 5.41) is 0. The Morgan fingerprint density at radius 2 is 2.09 bits per heavy atom. The summed E-state index contributed by atoms with van der Waals surface area (Å²) < 4.78 is 32.9. The quantitative estimate of drug-likeness (QED) is 0.634. The second-order valence-electron chi connectivity index (χ2n) is 1.98. The topological polar surface area (TPSA) is 40.1 Å². The number of benzene rings is 1. The van der Waals surface area contributed by atoms with Gasteiger partial charge in [0, 0.05) is 4.90 Å².